The van der Waals surface area contributed by atoms with E-state index in [0.717, 1.165) is 24.5 Å². The van der Waals surface area contributed by atoms with Gasteiger partial charge in [-0.25, -0.2) is 4.39 Å². The molecule has 5 nitrogen and oxygen atoms in total. The van der Waals surface area contributed by atoms with Crippen LogP contribution in [0.2, 0.25) is 0 Å². The summed E-state index contributed by atoms with van der Waals surface area (Å²) in [6, 6.07) is 8.37. The van der Waals surface area contributed by atoms with Gasteiger partial charge >= 0.3 is 0 Å². The van der Waals surface area contributed by atoms with E-state index in [1.165, 1.54) is 6.07 Å². The number of hydrogen-bond donors (Lipinski definition) is 2. The highest BCUT2D eigenvalue weighted by Gasteiger charge is 2.18. The molecule has 0 spiro atoms. The first-order valence-corrected chi connectivity index (χ1v) is 7.07. The van der Waals surface area contributed by atoms with E-state index in [4.69, 9.17) is 9.47 Å². The summed E-state index contributed by atoms with van der Waals surface area (Å²) in [4.78, 5) is 0. The molecule has 0 unspecified atom stereocenters. The number of nitrogens with zero attached hydrogens (tertiary/aromatic N) is 1. The topological polar surface area (TPSA) is 59.2 Å². The first-order valence-electron chi connectivity index (χ1n) is 7.07. The molecule has 1 aliphatic rings. The van der Waals surface area contributed by atoms with Crippen molar-refractivity contribution in [1.29, 1.82) is 0 Å². The van der Waals surface area contributed by atoms with Crippen LogP contribution in [-0.2, 0) is 11.2 Å². The number of H-pyrrole nitrogens is 1. The van der Waals surface area contributed by atoms with Gasteiger partial charge in [-0.05, 0) is 18.2 Å². The highest BCUT2D eigenvalue weighted by molar-refractivity contribution is 5.23. The lowest BCUT2D eigenvalue weighted by Crippen LogP contribution is -2.33. The lowest BCUT2D eigenvalue weighted by molar-refractivity contribution is 0.0250. The van der Waals surface area contributed by atoms with Gasteiger partial charge in [-0.1, -0.05) is 12.1 Å². The van der Waals surface area contributed by atoms with Gasteiger partial charge in [-0.3, -0.25) is 5.10 Å². The van der Waals surface area contributed by atoms with Crippen molar-refractivity contribution in [2.24, 2.45) is 0 Å². The third-order valence-electron chi connectivity index (χ3n) is 3.37. The summed E-state index contributed by atoms with van der Waals surface area (Å²) in [7, 11) is 0. The Hall–Kier alpha value is -1.92. The van der Waals surface area contributed by atoms with Gasteiger partial charge in [0, 0.05) is 25.2 Å². The zero-order valence-electron chi connectivity index (χ0n) is 11.6. The van der Waals surface area contributed by atoms with Crippen LogP contribution in [0.1, 0.15) is 17.5 Å². The molecule has 1 fully saturated rings. The fraction of sp³-hybridized carbons (Fsp3) is 0.400. The van der Waals surface area contributed by atoms with Crippen LogP contribution in [0.5, 0.6) is 5.75 Å². The van der Waals surface area contributed by atoms with Crippen LogP contribution >= 0.6 is 0 Å². The van der Waals surface area contributed by atoms with Crippen molar-refractivity contribution in [2.75, 3.05) is 26.3 Å². The van der Waals surface area contributed by atoms with Crippen LogP contribution in [0.3, 0.4) is 0 Å². The van der Waals surface area contributed by atoms with E-state index >= 15 is 0 Å². The number of rotatable bonds is 5. The van der Waals surface area contributed by atoms with E-state index in [1.807, 2.05) is 6.07 Å². The summed E-state index contributed by atoms with van der Waals surface area (Å²) < 4.78 is 24.5. The fourth-order valence-corrected chi connectivity index (χ4v) is 2.26. The number of aromatic amines is 1. The number of aromatic nitrogens is 2. The Morgan fingerprint density at radius 1 is 1.38 bits per heavy atom. The van der Waals surface area contributed by atoms with Crippen LogP contribution in [0.25, 0.3) is 0 Å². The minimum atomic E-state index is -0.343. The third kappa shape index (κ3) is 3.59. The quantitative estimate of drug-likeness (QED) is 0.882. The van der Waals surface area contributed by atoms with Gasteiger partial charge in [-0.15, -0.1) is 0 Å². The molecule has 2 aromatic rings. The Bertz CT molecular complexity index is 582. The van der Waals surface area contributed by atoms with E-state index in [-0.39, 0.29) is 17.7 Å². The molecule has 21 heavy (non-hydrogen) atoms. The van der Waals surface area contributed by atoms with E-state index in [9.17, 15) is 4.39 Å². The summed E-state index contributed by atoms with van der Waals surface area (Å²) in [6.07, 6.45) is 0.637. The smallest absolute Gasteiger partial charge is 0.165 e. The van der Waals surface area contributed by atoms with Gasteiger partial charge in [0.2, 0.25) is 0 Å². The molecule has 0 saturated carbocycles. The molecule has 0 radical (unpaired) electrons. The predicted molar refractivity (Wildman–Crippen MR) is 75.7 cm³/mol. The van der Waals surface area contributed by atoms with Crippen molar-refractivity contribution < 1.29 is 13.9 Å². The zero-order valence-corrected chi connectivity index (χ0v) is 11.6. The van der Waals surface area contributed by atoms with Crippen LogP contribution in [0, 0.1) is 5.82 Å². The molecular weight excluding hydrogens is 273 g/mol. The number of morpholine rings is 1. The Morgan fingerprint density at radius 3 is 3.10 bits per heavy atom. The number of ether oxygens (including phenoxy) is 2. The second-order valence-electron chi connectivity index (χ2n) is 4.91. The van der Waals surface area contributed by atoms with E-state index in [0.29, 0.717) is 19.6 Å². The number of benzene rings is 1. The van der Waals surface area contributed by atoms with Crippen molar-refractivity contribution in [3.63, 3.8) is 0 Å². The van der Waals surface area contributed by atoms with Crippen molar-refractivity contribution in [3.05, 3.63) is 47.5 Å². The maximum Gasteiger partial charge on any atom is 0.165 e. The van der Waals surface area contributed by atoms with Crippen LogP contribution in [-0.4, -0.2) is 36.5 Å². The zero-order chi connectivity index (χ0) is 14.5. The van der Waals surface area contributed by atoms with Crippen molar-refractivity contribution in [2.45, 2.75) is 12.5 Å². The second kappa shape index (κ2) is 6.69. The maximum atomic E-state index is 13.4. The highest BCUT2D eigenvalue weighted by Crippen LogP contribution is 2.18. The first-order chi connectivity index (χ1) is 10.3. The van der Waals surface area contributed by atoms with Gasteiger partial charge in [0.1, 0.15) is 6.10 Å². The lowest BCUT2D eigenvalue weighted by atomic mass is 10.2. The Morgan fingerprint density at radius 2 is 2.29 bits per heavy atom. The average molecular weight is 291 g/mol. The molecule has 3 rings (SSSR count). The molecule has 0 aliphatic carbocycles. The number of para-hydroxylation sites is 1. The van der Waals surface area contributed by atoms with Crippen LogP contribution < -0.4 is 10.1 Å². The Labute approximate surface area is 122 Å². The predicted octanol–water partition coefficient (Wildman–Crippen LogP) is 1.83. The normalized spacial score (nSPS) is 18.6. The SMILES string of the molecule is Fc1ccccc1OCCc1cc([C@H]2CNCCO2)n[nH]1. The van der Waals surface area contributed by atoms with Crippen molar-refractivity contribution >= 4 is 0 Å². The van der Waals surface area contributed by atoms with Gasteiger partial charge in [-0.2, -0.15) is 5.10 Å². The molecule has 1 aliphatic heterocycles. The average Bonchev–Trinajstić information content (AvgIpc) is 2.99. The number of halogens is 1. The largest absolute Gasteiger partial charge is 0.490 e. The highest BCUT2D eigenvalue weighted by atomic mass is 19.1. The minimum absolute atomic E-state index is 0.00349. The van der Waals surface area contributed by atoms with Gasteiger partial charge in [0.25, 0.3) is 0 Å². The Kier molecular flexibility index (Phi) is 4.47. The van der Waals surface area contributed by atoms with E-state index in [1.54, 1.807) is 18.2 Å². The standard InChI is InChI=1S/C15H18FN3O2/c16-12-3-1-2-4-14(12)20-7-5-11-9-13(19-18-11)15-10-17-6-8-21-15/h1-4,9,15,17H,5-8,10H2,(H,18,19)/t15-/m1/s1. The number of nitrogens with one attached hydrogen (secondary N) is 2. The van der Waals surface area contributed by atoms with Crippen molar-refractivity contribution in [1.82, 2.24) is 15.5 Å². The lowest BCUT2D eigenvalue weighted by Gasteiger charge is -2.21. The Balaban J connectivity index is 1.52. The third-order valence-corrected chi connectivity index (χ3v) is 3.37. The summed E-state index contributed by atoms with van der Waals surface area (Å²) in [6.45, 7) is 2.75. The fourth-order valence-electron chi connectivity index (χ4n) is 2.26. The summed E-state index contributed by atoms with van der Waals surface area (Å²) >= 11 is 0. The molecule has 112 valence electrons. The molecule has 2 heterocycles. The van der Waals surface area contributed by atoms with Gasteiger partial charge < -0.3 is 14.8 Å². The minimum Gasteiger partial charge on any atom is -0.490 e. The summed E-state index contributed by atoms with van der Waals surface area (Å²) in [5.74, 6) is -0.0680. The van der Waals surface area contributed by atoms with E-state index in [2.05, 4.69) is 15.5 Å². The molecule has 0 bridgehead atoms. The number of hydrogen-bond acceptors (Lipinski definition) is 4. The van der Waals surface area contributed by atoms with Crippen LogP contribution in [0.4, 0.5) is 4.39 Å². The summed E-state index contributed by atoms with van der Waals surface area (Å²) in [5.41, 5.74) is 1.85. The maximum absolute atomic E-state index is 13.4. The molecule has 1 aromatic heterocycles. The molecule has 1 aromatic carbocycles. The molecule has 0 amide bonds. The van der Waals surface area contributed by atoms with Crippen molar-refractivity contribution in [3.8, 4) is 5.75 Å². The molecule has 1 atom stereocenters. The molecule has 6 heteroatoms. The van der Waals surface area contributed by atoms with Gasteiger partial charge in [0.15, 0.2) is 11.6 Å². The first kappa shape index (κ1) is 14.0. The van der Waals surface area contributed by atoms with Crippen LogP contribution in [0.15, 0.2) is 30.3 Å². The van der Waals surface area contributed by atoms with Gasteiger partial charge in [0.05, 0.1) is 18.9 Å². The van der Waals surface area contributed by atoms with E-state index < -0.39 is 0 Å². The summed E-state index contributed by atoms with van der Waals surface area (Å²) in [5, 5.41) is 10.5. The molecule has 1 saturated heterocycles. The molecule has 2 N–H and O–H groups in total. The second-order valence-corrected chi connectivity index (χ2v) is 4.91. The monoisotopic (exact) mass is 291 g/mol. The molecular formula is C15H18FN3O2.